The number of nitriles is 1. The van der Waals surface area contributed by atoms with Crippen LogP contribution in [0.5, 0.6) is 5.75 Å². The summed E-state index contributed by atoms with van der Waals surface area (Å²) in [6, 6.07) is 7.45. The molecule has 1 amide bonds. The summed E-state index contributed by atoms with van der Waals surface area (Å²) in [6.07, 6.45) is 4.87. The van der Waals surface area contributed by atoms with E-state index in [0.717, 1.165) is 36.9 Å². The summed E-state index contributed by atoms with van der Waals surface area (Å²) in [5.74, 6) is -2.04. The number of benzene rings is 1. The van der Waals surface area contributed by atoms with Crippen LogP contribution in [-0.4, -0.2) is 90.2 Å². The molecule has 0 saturated carbocycles. The molecule has 10 heteroatoms. The summed E-state index contributed by atoms with van der Waals surface area (Å²) in [5.41, 5.74) is -3.04. The first-order valence-corrected chi connectivity index (χ1v) is 13.6. The number of piperidine rings is 1. The smallest absolute Gasteiger partial charge is 0.328 e. The minimum absolute atomic E-state index is 0.0231. The van der Waals surface area contributed by atoms with E-state index in [9.17, 15) is 24.3 Å². The van der Waals surface area contributed by atoms with Crippen molar-refractivity contribution >= 4 is 17.4 Å². The van der Waals surface area contributed by atoms with Crippen molar-refractivity contribution in [2.45, 2.75) is 56.6 Å². The highest BCUT2D eigenvalue weighted by atomic mass is 19.1. The predicted molar refractivity (Wildman–Crippen MR) is 144 cm³/mol. The normalized spacial score (nSPS) is 27.7. The first kappa shape index (κ1) is 29.7. The lowest BCUT2D eigenvalue weighted by molar-refractivity contribution is -0.152. The Hall–Kier alpha value is -3.29. The highest BCUT2D eigenvalue weighted by Gasteiger charge is 2.51. The molecule has 2 saturated heterocycles. The Morgan fingerprint density at radius 3 is 2.50 bits per heavy atom. The number of carbonyl (C=O) groups excluding carboxylic acids is 2. The number of β-amino-alcohol motifs (C(OH)–C–C–N with tert-alkyl or cyclic N) is 1. The molecule has 2 heterocycles. The van der Waals surface area contributed by atoms with Gasteiger partial charge in [-0.15, -0.1) is 0 Å². The van der Waals surface area contributed by atoms with E-state index < -0.39 is 41.3 Å². The van der Waals surface area contributed by atoms with Gasteiger partial charge in [0, 0.05) is 19.5 Å². The van der Waals surface area contributed by atoms with Crippen LogP contribution in [0.4, 0.5) is 8.78 Å². The third-order valence-electron chi connectivity index (χ3n) is 7.78. The number of methoxy groups -OCH3 is 1. The maximum absolute atomic E-state index is 15.9. The van der Waals surface area contributed by atoms with E-state index in [-0.39, 0.29) is 18.5 Å². The number of halogens is 2. The summed E-state index contributed by atoms with van der Waals surface area (Å²) >= 11 is 0. The van der Waals surface area contributed by atoms with Crippen LogP contribution in [0, 0.1) is 23.2 Å². The Bertz CT molecular complexity index is 1180. The van der Waals surface area contributed by atoms with Gasteiger partial charge in [-0.05, 0) is 75.0 Å². The average molecular weight is 558 g/mol. The van der Waals surface area contributed by atoms with Crippen molar-refractivity contribution in [2.24, 2.45) is 11.8 Å². The van der Waals surface area contributed by atoms with Crippen molar-refractivity contribution in [3.8, 4) is 11.8 Å². The van der Waals surface area contributed by atoms with Crippen molar-refractivity contribution in [3.63, 3.8) is 0 Å². The van der Waals surface area contributed by atoms with E-state index in [1.807, 2.05) is 0 Å². The molecule has 0 bridgehead atoms. The largest absolute Gasteiger partial charge is 0.493 e. The maximum Gasteiger partial charge on any atom is 0.328 e. The summed E-state index contributed by atoms with van der Waals surface area (Å²) in [6.45, 7) is 5.61. The Labute approximate surface area is 233 Å². The van der Waals surface area contributed by atoms with Crippen LogP contribution in [0.3, 0.4) is 0 Å². The number of allylic oxidation sites excluding steroid dienone is 3. The Balaban J connectivity index is 1.45. The van der Waals surface area contributed by atoms with E-state index >= 15 is 4.39 Å². The lowest BCUT2D eigenvalue weighted by atomic mass is 9.76. The fourth-order valence-electron chi connectivity index (χ4n) is 5.77. The lowest BCUT2D eigenvalue weighted by Gasteiger charge is -2.34. The average Bonchev–Trinajstić information content (AvgIpc) is 3.33. The minimum Gasteiger partial charge on any atom is -0.493 e. The monoisotopic (exact) mass is 557 g/mol. The maximum atomic E-state index is 15.9. The number of amides is 1. The zero-order valence-corrected chi connectivity index (χ0v) is 23.2. The van der Waals surface area contributed by atoms with Gasteiger partial charge in [0.15, 0.2) is 0 Å². The van der Waals surface area contributed by atoms with Crippen LogP contribution in [0.1, 0.15) is 38.7 Å². The van der Waals surface area contributed by atoms with Crippen LogP contribution in [0.15, 0.2) is 42.5 Å². The lowest BCUT2D eigenvalue weighted by Crippen LogP contribution is -2.50. The molecule has 3 aliphatic rings. The molecule has 0 spiro atoms. The second-order valence-electron chi connectivity index (χ2n) is 11.5. The number of likely N-dealkylation sites (tertiary alicyclic amines) is 2. The third-order valence-corrected chi connectivity index (χ3v) is 7.78. The van der Waals surface area contributed by atoms with Crippen molar-refractivity contribution in [3.05, 3.63) is 48.1 Å². The Kier molecular flexibility index (Phi) is 8.96. The summed E-state index contributed by atoms with van der Waals surface area (Å²) in [7, 11) is 1.18. The van der Waals surface area contributed by atoms with Crippen LogP contribution < -0.4 is 4.74 Å². The van der Waals surface area contributed by atoms with Crippen molar-refractivity contribution in [1.82, 2.24) is 9.80 Å². The van der Waals surface area contributed by atoms with E-state index in [1.54, 1.807) is 50.3 Å². The van der Waals surface area contributed by atoms with Crippen LogP contribution in [0.2, 0.25) is 0 Å². The number of alkyl halides is 2. The van der Waals surface area contributed by atoms with E-state index in [1.165, 1.54) is 13.2 Å². The van der Waals surface area contributed by atoms with E-state index in [0.29, 0.717) is 30.4 Å². The molecular formula is C30H37F2N3O5. The Morgan fingerprint density at radius 1 is 1.23 bits per heavy atom. The third kappa shape index (κ3) is 6.70. The number of ether oxygens (including phenoxy) is 2. The van der Waals surface area contributed by atoms with Gasteiger partial charge in [-0.25, -0.2) is 13.6 Å². The van der Waals surface area contributed by atoms with Gasteiger partial charge in [-0.1, -0.05) is 24.3 Å². The number of nitrogens with zero attached hydrogens (tertiary/aromatic N) is 3. The molecular weight excluding hydrogens is 520 g/mol. The molecule has 4 atom stereocenters. The number of aliphatic hydroxyl groups excluding tert-OH is 1. The van der Waals surface area contributed by atoms with Gasteiger partial charge >= 0.3 is 5.97 Å². The standard InChI is InChI=1S/C30H37F2N3O5/c1-29(2,31)19-34-13-10-20(11-14-34)17-40-23-8-6-21(7-9-23)24-5-4-12-30(32,18-33)26(24)27(37)35-16-22(36)15-25(35)28(38)39-3/h4-9,12,20,22,25-26,36H,10-11,13-17,19H2,1-3H3/t22-,25+,26?,30?/m1/s1. The molecule has 2 aliphatic heterocycles. The van der Waals surface area contributed by atoms with Crippen LogP contribution in [0.25, 0.3) is 5.57 Å². The van der Waals surface area contributed by atoms with E-state index in [2.05, 4.69) is 4.90 Å². The van der Waals surface area contributed by atoms with E-state index in [4.69, 9.17) is 9.47 Å². The van der Waals surface area contributed by atoms with Crippen molar-refractivity contribution in [1.29, 1.82) is 5.26 Å². The van der Waals surface area contributed by atoms with Crippen molar-refractivity contribution in [2.75, 3.05) is 39.9 Å². The molecule has 2 unspecified atom stereocenters. The highest BCUT2D eigenvalue weighted by Crippen LogP contribution is 2.41. The molecule has 216 valence electrons. The molecule has 0 aromatic heterocycles. The molecule has 1 aromatic carbocycles. The van der Waals surface area contributed by atoms with Gasteiger partial charge in [0.2, 0.25) is 11.6 Å². The molecule has 40 heavy (non-hydrogen) atoms. The van der Waals surface area contributed by atoms with Gasteiger partial charge in [0.25, 0.3) is 0 Å². The Morgan fingerprint density at radius 2 is 1.90 bits per heavy atom. The van der Waals surface area contributed by atoms with Crippen LogP contribution in [-0.2, 0) is 14.3 Å². The fraction of sp³-hybridized carbons (Fsp3) is 0.567. The highest BCUT2D eigenvalue weighted by molar-refractivity contribution is 5.97. The number of aliphatic hydroxyl groups is 1. The van der Waals surface area contributed by atoms with Gasteiger partial charge in [0.1, 0.15) is 29.4 Å². The first-order chi connectivity index (χ1) is 18.9. The predicted octanol–water partition coefficient (Wildman–Crippen LogP) is 3.46. The number of rotatable bonds is 8. The fourth-order valence-corrected chi connectivity index (χ4v) is 5.77. The molecule has 4 rings (SSSR count). The number of esters is 1. The summed E-state index contributed by atoms with van der Waals surface area (Å²) in [5, 5.41) is 19.8. The molecule has 8 nitrogen and oxygen atoms in total. The van der Waals surface area contributed by atoms with Gasteiger partial charge in [0.05, 0.1) is 19.8 Å². The van der Waals surface area contributed by atoms with Crippen molar-refractivity contribution < 1.29 is 33.0 Å². The second kappa shape index (κ2) is 12.1. The topological polar surface area (TPSA) is 103 Å². The number of hydrogen-bond acceptors (Lipinski definition) is 7. The zero-order chi connectivity index (χ0) is 29.1. The molecule has 1 N–H and O–H groups in total. The second-order valence-corrected chi connectivity index (χ2v) is 11.5. The summed E-state index contributed by atoms with van der Waals surface area (Å²) in [4.78, 5) is 29.2. The van der Waals surface area contributed by atoms with Crippen LogP contribution >= 0.6 is 0 Å². The number of hydrogen-bond donors (Lipinski definition) is 1. The quantitative estimate of drug-likeness (QED) is 0.489. The molecule has 1 aromatic rings. The van der Waals surface area contributed by atoms with Gasteiger partial charge < -0.3 is 24.4 Å². The SMILES string of the molecule is COC(=O)[C@@H]1C[C@@H](O)CN1C(=O)C1C(c2ccc(OCC3CCN(CC(C)(C)F)CC3)cc2)=CC=CC1(F)C#N. The first-order valence-electron chi connectivity index (χ1n) is 13.6. The molecule has 2 fully saturated rings. The summed E-state index contributed by atoms with van der Waals surface area (Å²) < 4.78 is 40.6. The minimum atomic E-state index is -2.64. The zero-order valence-electron chi connectivity index (χ0n) is 23.2. The van der Waals surface area contributed by atoms with Gasteiger partial charge in [-0.3, -0.25) is 4.79 Å². The molecule has 1 aliphatic carbocycles. The molecule has 0 radical (unpaired) electrons. The number of carbonyl (C=O) groups is 2. The van der Waals surface area contributed by atoms with Gasteiger partial charge in [-0.2, -0.15) is 5.26 Å².